The number of rotatable bonds is 4. The van der Waals surface area contributed by atoms with Gasteiger partial charge in [0.25, 0.3) is 0 Å². The third-order valence-corrected chi connectivity index (χ3v) is 4.92. The second kappa shape index (κ2) is 6.98. The van der Waals surface area contributed by atoms with Crippen LogP contribution in [-0.2, 0) is 9.59 Å². The SMILES string of the molecule is CS[C@H](C)c1cccc(NC(=O)[C@@H]2CCCN2C(C)=O)c1. The van der Waals surface area contributed by atoms with Gasteiger partial charge >= 0.3 is 0 Å². The summed E-state index contributed by atoms with van der Waals surface area (Å²) in [5.74, 6) is -0.117. The summed E-state index contributed by atoms with van der Waals surface area (Å²) in [6.07, 6.45) is 3.70. The molecule has 0 unspecified atom stereocenters. The highest BCUT2D eigenvalue weighted by Gasteiger charge is 2.32. The lowest BCUT2D eigenvalue weighted by atomic mass is 10.1. The molecule has 0 radical (unpaired) electrons. The molecule has 2 rings (SSSR count). The summed E-state index contributed by atoms with van der Waals surface area (Å²) in [7, 11) is 0. The Labute approximate surface area is 130 Å². The van der Waals surface area contributed by atoms with Gasteiger partial charge in [-0.05, 0) is 43.7 Å². The molecule has 2 amide bonds. The Balaban J connectivity index is 2.07. The van der Waals surface area contributed by atoms with Gasteiger partial charge in [-0.2, -0.15) is 11.8 Å². The normalized spacial score (nSPS) is 19.4. The molecule has 21 heavy (non-hydrogen) atoms. The Morgan fingerprint density at radius 3 is 2.86 bits per heavy atom. The van der Waals surface area contributed by atoms with Gasteiger partial charge in [0, 0.05) is 24.4 Å². The second-order valence-electron chi connectivity index (χ2n) is 5.36. The number of thioether (sulfide) groups is 1. The molecule has 1 aliphatic heterocycles. The quantitative estimate of drug-likeness (QED) is 0.930. The second-order valence-corrected chi connectivity index (χ2v) is 6.54. The van der Waals surface area contributed by atoms with E-state index in [1.54, 1.807) is 16.7 Å². The van der Waals surface area contributed by atoms with E-state index >= 15 is 0 Å². The largest absolute Gasteiger partial charge is 0.331 e. The van der Waals surface area contributed by atoms with Crippen LogP contribution in [0.2, 0.25) is 0 Å². The first-order valence-corrected chi connectivity index (χ1v) is 8.52. The van der Waals surface area contributed by atoms with Gasteiger partial charge in [-0.15, -0.1) is 0 Å². The molecule has 0 saturated carbocycles. The third-order valence-electron chi connectivity index (χ3n) is 3.94. The number of hydrogen-bond donors (Lipinski definition) is 1. The summed E-state index contributed by atoms with van der Waals surface area (Å²) < 4.78 is 0. The predicted octanol–water partition coefficient (Wildman–Crippen LogP) is 3.06. The lowest BCUT2D eigenvalue weighted by molar-refractivity contribution is -0.134. The van der Waals surface area contributed by atoms with E-state index in [9.17, 15) is 9.59 Å². The standard InChI is InChI=1S/C16H22N2O2S/c1-11(21-3)13-6-4-7-14(10-13)17-16(20)15-8-5-9-18(15)12(2)19/h4,6-7,10-11,15H,5,8-9H2,1-3H3,(H,17,20)/t11-,15+/m1/s1. The van der Waals surface area contributed by atoms with Crippen molar-refractivity contribution in [2.24, 2.45) is 0 Å². The van der Waals surface area contributed by atoms with Crippen LogP contribution in [0, 0.1) is 0 Å². The smallest absolute Gasteiger partial charge is 0.247 e. The fraction of sp³-hybridized carbons (Fsp3) is 0.500. The van der Waals surface area contributed by atoms with Crippen LogP contribution < -0.4 is 5.32 Å². The Bertz CT molecular complexity index is 533. The number of carbonyl (C=O) groups excluding carboxylic acids is 2. The van der Waals surface area contributed by atoms with Gasteiger partial charge in [0.2, 0.25) is 11.8 Å². The van der Waals surface area contributed by atoms with E-state index in [2.05, 4.69) is 24.6 Å². The van der Waals surface area contributed by atoms with Crippen LogP contribution in [-0.4, -0.2) is 35.6 Å². The Hall–Kier alpha value is -1.49. The van der Waals surface area contributed by atoms with Crippen molar-refractivity contribution in [3.63, 3.8) is 0 Å². The zero-order chi connectivity index (χ0) is 15.4. The van der Waals surface area contributed by atoms with Crippen molar-refractivity contribution in [2.75, 3.05) is 18.1 Å². The predicted molar refractivity (Wildman–Crippen MR) is 87.4 cm³/mol. The molecule has 2 atom stereocenters. The van der Waals surface area contributed by atoms with Crippen LogP contribution in [0.3, 0.4) is 0 Å². The molecule has 1 saturated heterocycles. The average molecular weight is 306 g/mol. The Morgan fingerprint density at radius 1 is 1.43 bits per heavy atom. The first-order chi connectivity index (χ1) is 10.0. The fourth-order valence-electron chi connectivity index (χ4n) is 2.65. The van der Waals surface area contributed by atoms with Gasteiger partial charge in [0.1, 0.15) is 6.04 Å². The summed E-state index contributed by atoms with van der Waals surface area (Å²) in [5, 5.41) is 3.34. The van der Waals surface area contributed by atoms with Gasteiger partial charge in [-0.3, -0.25) is 9.59 Å². The molecule has 4 nitrogen and oxygen atoms in total. The van der Waals surface area contributed by atoms with Crippen LogP contribution in [0.25, 0.3) is 0 Å². The van der Waals surface area contributed by atoms with Gasteiger partial charge < -0.3 is 10.2 Å². The number of amides is 2. The van der Waals surface area contributed by atoms with Crippen molar-refractivity contribution in [1.29, 1.82) is 0 Å². The minimum atomic E-state index is -0.330. The molecular weight excluding hydrogens is 284 g/mol. The zero-order valence-electron chi connectivity index (χ0n) is 12.8. The molecule has 5 heteroatoms. The molecule has 0 aliphatic carbocycles. The molecule has 0 aromatic heterocycles. The maximum Gasteiger partial charge on any atom is 0.247 e. The summed E-state index contributed by atoms with van der Waals surface area (Å²) in [5.41, 5.74) is 1.99. The first kappa shape index (κ1) is 15.9. The summed E-state index contributed by atoms with van der Waals surface area (Å²) in [6, 6.07) is 7.58. The van der Waals surface area contributed by atoms with Gasteiger partial charge in [0.15, 0.2) is 0 Å². The topological polar surface area (TPSA) is 49.4 Å². The minimum Gasteiger partial charge on any atom is -0.331 e. The fourth-order valence-corrected chi connectivity index (χ4v) is 3.07. The molecular formula is C16H22N2O2S. The van der Waals surface area contributed by atoms with Crippen LogP contribution in [0.5, 0.6) is 0 Å². The molecule has 1 N–H and O–H groups in total. The molecule has 0 spiro atoms. The van der Waals surface area contributed by atoms with Crippen molar-refractivity contribution >= 4 is 29.3 Å². The zero-order valence-corrected chi connectivity index (χ0v) is 13.6. The van der Waals surface area contributed by atoms with E-state index < -0.39 is 0 Å². The molecule has 1 fully saturated rings. The number of nitrogens with one attached hydrogen (secondary N) is 1. The molecule has 114 valence electrons. The molecule has 1 aromatic rings. The van der Waals surface area contributed by atoms with E-state index in [1.165, 1.54) is 12.5 Å². The van der Waals surface area contributed by atoms with Crippen molar-refractivity contribution < 1.29 is 9.59 Å². The molecule has 1 aliphatic rings. The number of likely N-dealkylation sites (tertiary alicyclic amines) is 1. The lowest BCUT2D eigenvalue weighted by Gasteiger charge is -2.22. The van der Waals surface area contributed by atoms with Crippen LogP contribution in [0.1, 0.15) is 37.5 Å². The first-order valence-electron chi connectivity index (χ1n) is 7.23. The van der Waals surface area contributed by atoms with Crippen LogP contribution in [0.15, 0.2) is 24.3 Å². The van der Waals surface area contributed by atoms with E-state index in [0.717, 1.165) is 18.5 Å². The summed E-state index contributed by atoms with van der Waals surface area (Å²) in [6.45, 7) is 4.34. The average Bonchev–Trinajstić information content (AvgIpc) is 2.96. The Kier molecular flexibility index (Phi) is 5.28. The number of carbonyl (C=O) groups is 2. The number of anilines is 1. The van der Waals surface area contributed by atoms with E-state index in [4.69, 9.17) is 0 Å². The number of nitrogens with zero attached hydrogens (tertiary/aromatic N) is 1. The van der Waals surface area contributed by atoms with Crippen LogP contribution >= 0.6 is 11.8 Å². The molecule has 0 bridgehead atoms. The van der Waals surface area contributed by atoms with E-state index in [1.807, 2.05) is 18.2 Å². The van der Waals surface area contributed by atoms with Crippen molar-refractivity contribution in [1.82, 2.24) is 4.90 Å². The van der Waals surface area contributed by atoms with Gasteiger partial charge in [-0.25, -0.2) is 0 Å². The molecule has 1 heterocycles. The van der Waals surface area contributed by atoms with Gasteiger partial charge in [0.05, 0.1) is 0 Å². The van der Waals surface area contributed by atoms with Crippen molar-refractivity contribution in [2.45, 2.75) is 38.0 Å². The van der Waals surface area contributed by atoms with Crippen LogP contribution in [0.4, 0.5) is 5.69 Å². The van der Waals surface area contributed by atoms with E-state index in [-0.39, 0.29) is 17.9 Å². The Morgan fingerprint density at radius 2 is 2.19 bits per heavy atom. The maximum atomic E-state index is 12.4. The van der Waals surface area contributed by atoms with Crippen molar-refractivity contribution in [3.8, 4) is 0 Å². The maximum absolute atomic E-state index is 12.4. The highest BCUT2D eigenvalue weighted by molar-refractivity contribution is 7.98. The van der Waals surface area contributed by atoms with Crippen molar-refractivity contribution in [3.05, 3.63) is 29.8 Å². The molecule has 1 aromatic carbocycles. The highest BCUT2D eigenvalue weighted by Crippen LogP contribution is 2.27. The number of benzene rings is 1. The van der Waals surface area contributed by atoms with E-state index in [0.29, 0.717) is 11.8 Å². The number of hydrogen-bond acceptors (Lipinski definition) is 3. The summed E-state index contributed by atoms with van der Waals surface area (Å²) >= 11 is 1.77. The lowest BCUT2D eigenvalue weighted by Crippen LogP contribution is -2.42. The summed E-state index contributed by atoms with van der Waals surface area (Å²) in [4.78, 5) is 25.6. The highest BCUT2D eigenvalue weighted by atomic mass is 32.2. The van der Waals surface area contributed by atoms with Gasteiger partial charge in [-0.1, -0.05) is 12.1 Å². The minimum absolute atomic E-state index is 0.0302. The monoisotopic (exact) mass is 306 g/mol. The third kappa shape index (κ3) is 3.79.